The zero-order valence-electron chi connectivity index (χ0n) is 22.5. The standard InChI is InChI=1S/C25H33F6N3O4/c1-13(2)11-16-12-17(9-10-18(16)23(38-8,24(26,27)28)25(29,30)31)34(20(36)14(3)4)21(37)22(6)19(35)15(5)33(7)32-22/h9-10,12-15,32H,11H2,1-8H3. The zero-order chi connectivity index (χ0) is 29.6. The third kappa shape index (κ3) is 5.20. The van der Waals surface area contributed by atoms with Gasteiger partial charge < -0.3 is 4.74 Å². The minimum atomic E-state index is -5.88. The van der Waals surface area contributed by atoms with Crippen molar-refractivity contribution in [1.29, 1.82) is 0 Å². The van der Waals surface area contributed by atoms with Gasteiger partial charge in [0.15, 0.2) is 11.3 Å². The van der Waals surface area contributed by atoms with Crippen molar-refractivity contribution < 1.29 is 45.5 Å². The number of methoxy groups -OCH3 is 1. The lowest BCUT2D eigenvalue weighted by Crippen LogP contribution is -2.60. The Labute approximate surface area is 217 Å². The normalized spacial score (nSPS) is 21.5. The van der Waals surface area contributed by atoms with Crippen molar-refractivity contribution in [3.8, 4) is 0 Å². The van der Waals surface area contributed by atoms with E-state index in [2.05, 4.69) is 10.2 Å². The molecule has 1 saturated heterocycles. The van der Waals surface area contributed by atoms with Gasteiger partial charge in [-0.15, -0.1) is 0 Å². The van der Waals surface area contributed by atoms with Gasteiger partial charge in [-0.05, 0) is 43.9 Å². The fourth-order valence-corrected chi connectivity index (χ4v) is 4.56. The van der Waals surface area contributed by atoms with Crippen LogP contribution in [-0.2, 0) is 31.1 Å². The summed E-state index contributed by atoms with van der Waals surface area (Å²) in [5.74, 6) is -3.56. The van der Waals surface area contributed by atoms with E-state index in [4.69, 9.17) is 0 Å². The van der Waals surface area contributed by atoms with E-state index < -0.39 is 70.1 Å². The number of ketones is 1. The summed E-state index contributed by atoms with van der Waals surface area (Å²) < 4.78 is 88.5. The number of ether oxygens (including phenoxy) is 1. The predicted octanol–water partition coefficient (Wildman–Crippen LogP) is 4.53. The van der Waals surface area contributed by atoms with Crippen LogP contribution in [0.15, 0.2) is 18.2 Å². The quantitative estimate of drug-likeness (QED) is 0.395. The highest BCUT2D eigenvalue weighted by Crippen LogP contribution is 2.54. The van der Waals surface area contributed by atoms with E-state index in [1.807, 2.05) is 0 Å². The number of Topliss-reactive ketones (excluding diaryl/α,β-unsaturated/α-hetero) is 1. The number of likely N-dealkylation sites (N-methyl/N-ethyl adjacent to an activating group) is 1. The largest absolute Gasteiger partial charge is 0.430 e. The number of carbonyl (C=O) groups is 3. The average Bonchev–Trinajstić information content (AvgIpc) is 2.96. The predicted molar refractivity (Wildman–Crippen MR) is 127 cm³/mol. The van der Waals surface area contributed by atoms with Crippen LogP contribution in [-0.4, -0.2) is 60.7 Å². The number of hydrogen-bond acceptors (Lipinski definition) is 6. The summed E-state index contributed by atoms with van der Waals surface area (Å²) in [7, 11) is 1.84. The number of amides is 2. The van der Waals surface area contributed by atoms with Crippen LogP contribution in [0.1, 0.15) is 52.7 Å². The zero-order valence-corrected chi connectivity index (χ0v) is 22.5. The van der Waals surface area contributed by atoms with Gasteiger partial charge in [-0.1, -0.05) is 33.8 Å². The third-order valence-corrected chi connectivity index (χ3v) is 6.66. The molecule has 1 fully saturated rings. The lowest BCUT2D eigenvalue weighted by Gasteiger charge is -2.38. The number of halogens is 6. The molecule has 7 nitrogen and oxygen atoms in total. The molecule has 2 atom stereocenters. The molecule has 214 valence electrons. The maximum atomic E-state index is 14.1. The molecule has 2 rings (SSSR count). The summed E-state index contributed by atoms with van der Waals surface area (Å²) in [5.41, 5.74) is -5.69. The van der Waals surface area contributed by atoms with Crippen LogP contribution in [0.4, 0.5) is 32.0 Å². The average molecular weight is 554 g/mol. The number of nitrogens with one attached hydrogen (secondary N) is 1. The molecule has 0 saturated carbocycles. The van der Waals surface area contributed by atoms with Crippen LogP contribution in [0.3, 0.4) is 0 Å². The fourth-order valence-electron chi connectivity index (χ4n) is 4.56. The number of imide groups is 1. The van der Waals surface area contributed by atoms with Gasteiger partial charge in [0, 0.05) is 25.6 Å². The lowest BCUT2D eigenvalue weighted by molar-refractivity contribution is -0.383. The maximum Gasteiger partial charge on any atom is 0.430 e. The molecule has 1 heterocycles. The molecule has 1 aliphatic rings. The number of anilines is 1. The Morgan fingerprint density at radius 2 is 1.63 bits per heavy atom. The van der Waals surface area contributed by atoms with Gasteiger partial charge in [-0.25, -0.2) is 15.3 Å². The fraction of sp³-hybridized carbons (Fsp3) is 0.640. The van der Waals surface area contributed by atoms with Crippen LogP contribution < -0.4 is 10.3 Å². The Kier molecular flexibility index (Phi) is 8.82. The maximum absolute atomic E-state index is 14.1. The van der Waals surface area contributed by atoms with Crippen molar-refractivity contribution in [3.63, 3.8) is 0 Å². The van der Waals surface area contributed by atoms with Crippen molar-refractivity contribution in [2.45, 2.75) is 77.5 Å². The van der Waals surface area contributed by atoms with Crippen LogP contribution in [0, 0.1) is 11.8 Å². The number of benzene rings is 1. The second kappa shape index (κ2) is 10.6. The van der Waals surface area contributed by atoms with E-state index in [1.165, 1.54) is 39.8 Å². The molecule has 0 aliphatic carbocycles. The highest BCUT2D eigenvalue weighted by molar-refractivity contribution is 6.26. The number of hydrazine groups is 1. The Morgan fingerprint density at radius 3 is 2.00 bits per heavy atom. The summed E-state index contributed by atoms with van der Waals surface area (Å²) in [5, 5.41) is 1.38. The summed E-state index contributed by atoms with van der Waals surface area (Å²) >= 11 is 0. The smallest absolute Gasteiger partial charge is 0.357 e. The SMILES string of the molecule is COC(c1ccc(N(C(=O)C(C)C)C(=O)C2(C)NN(C)C(C)C2=O)cc1CC(C)C)(C(F)(F)F)C(F)(F)F. The van der Waals surface area contributed by atoms with Crippen molar-refractivity contribution in [2.24, 2.45) is 11.8 Å². The van der Waals surface area contributed by atoms with Crippen LogP contribution in [0.5, 0.6) is 0 Å². The van der Waals surface area contributed by atoms with Crippen LogP contribution >= 0.6 is 0 Å². The highest BCUT2D eigenvalue weighted by Gasteiger charge is 2.73. The van der Waals surface area contributed by atoms with Gasteiger partial charge in [0.25, 0.3) is 11.5 Å². The van der Waals surface area contributed by atoms with Crippen LogP contribution in [0.25, 0.3) is 0 Å². The summed E-state index contributed by atoms with van der Waals surface area (Å²) in [6, 6.07) is 1.62. The molecule has 2 unspecified atom stereocenters. The molecule has 1 N–H and O–H groups in total. The van der Waals surface area contributed by atoms with Gasteiger partial charge in [0.2, 0.25) is 5.91 Å². The minimum Gasteiger partial charge on any atom is -0.357 e. The topological polar surface area (TPSA) is 79.0 Å². The first-order valence-corrected chi connectivity index (χ1v) is 11.9. The Balaban J connectivity index is 2.85. The van der Waals surface area contributed by atoms with Crippen LogP contribution in [0.2, 0.25) is 0 Å². The molecule has 0 radical (unpaired) electrons. The lowest BCUT2D eigenvalue weighted by atomic mass is 9.84. The van der Waals surface area contributed by atoms with Gasteiger partial charge in [-0.2, -0.15) is 26.3 Å². The Morgan fingerprint density at radius 1 is 1.11 bits per heavy atom. The minimum absolute atomic E-state index is 0.257. The van der Waals surface area contributed by atoms with E-state index in [0.717, 1.165) is 12.1 Å². The third-order valence-electron chi connectivity index (χ3n) is 6.66. The van der Waals surface area contributed by atoms with E-state index in [9.17, 15) is 40.7 Å². The van der Waals surface area contributed by atoms with Crippen molar-refractivity contribution >= 4 is 23.3 Å². The number of hydrogen-bond donors (Lipinski definition) is 1. The van der Waals surface area contributed by atoms with E-state index in [0.29, 0.717) is 18.1 Å². The van der Waals surface area contributed by atoms with E-state index >= 15 is 0 Å². The Bertz CT molecular complexity index is 1070. The molecule has 0 aromatic heterocycles. The van der Waals surface area contributed by atoms with Gasteiger partial charge in [0.1, 0.15) is 0 Å². The number of carbonyl (C=O) groups excluding carboxylic acids is 3. The molecule has 1 aliphatic heterocycles. The van der Waals surface area contributed by atoms with Crippen molar-refractivity contribution in [2.75, 3.05) is 19.1 Å². The van der Waals surface area contributed by atoms with Crippen molar-refractivity contribution in [1.82, 2.24) is 10.4 Å². The summed E-state index contributed by atoms with van der Waals surface area (Å²) in [6.07, 6.45) is -12.0. The first-order chi connectivity index (χ1) is 17.2. The molecule has 0 spiro atoms. The van der Waals surface area contributed by atoms with Crippen molar-refractivity contribution in [3.05, 3.63) is 29.3 Å². The Hall–Kier alpha value is -2.51. The molecule has 2 amide bonds. The molecule has 0 bridgehead atoms. The summed E-state index contributed by atoms with van der Waals surface area (Å²) in [4.78, 5) is 40.5. The molecule has 38 heavy (non-hydrogen) atoms. The van der Waals surface area contributed by atoms with E-state index in [-0.39, 0.29) is 12.1 Å². The number of nitrogens with zero attached hydrogens (tertiary/aromatic N) is 2. The first-order valence-electron chi connectivity index (χ1n) is 11.9. The molecule has 13 heteroatoms. The number of rotatable bonds is 7. The first kappa shape index (κ1) is 31.7. The molecular weight excluding hydrogens is 520 g/mol. The summed E-state index contributed by atoms with van der Waals surface area (Å²) in [6.45, 7) is 8.93. The number of alkyl halides is 6. The monoisotopic (exact) mass is 553 g/mol. The second-order valence-electron chi connectivity index (χ2n) is 10.3. The molecule has 1 aromatic carbocycles. The molecule has 1 aromatic rings. The van der Waals surface area contributed by atoms with Gasteiger partial charge in [0.05, 0.1) is 11.7 Å². The second-order valence-corrected chi connectivity index (χ2v) is 10.3. The van der Waals surface area contributed by atoms with Gasteiger partial charge >= 0.3 is 12.4 Å². The van der Waals surface area contributed by atoms with Gasteiger partial charge in [-0.3, -0.25) is 14.4 Å². The van der Waals surface area contributed by atoms with E-state index in [1.54, 1.807) is 13.8 Å². The molecular formula is C25H33F6N3O4. The highest BCUT2D eigenvalue weighted by atomic mass is 19.4.